The minimum Gasteiger partial charge on any atom is -0.338 e. The molecule has 2 aliphatic carbocycles. The largest absolute Gasteiger partial charge is 0.338 e. The molecule has 0 aromatic carbocycles. The second-order valence-electron chi connectivity index (χ2n) is 6.82. The first-order chi connectivity index (χ1) is 10.3. The third-order valence-corrected chi connectivity index (χ3v) is 5.25. The van der Waals surface area contributed by atoms with E-state index >= 15 is 0 Å². The van der Waals surface area contributed by atoms with Gasteiger partial charge in [0, 0.05) is 24.3 Å². The van der Waals surface area contributed by atoms with Gasteiger partial charge in [-0.25, -0.2) is 0 Å². The monoisotopic (exact) mass is 289 g/mol. The molecule has 3 fully saturated rings. The maximum atomic E-state index is 12.1. The lowest BCUT2D eigenvalue weighted by atomic mass is 9.88. The Morgan fingerprint density at radius 2 is 2.05 bits per heavy atom. The Balaban J connectivity index is 1.46. The third kappa shape index (κ3) is 2.76. The van der Waals surface area contributed by atoms with Gasteiger partial charge < -0.3 is 4.52 Å². The molecule has 0 radical (unpaired) electrons. The third-order valence-electron chi connectivity index (χ3n) is 5.25. The van der Waals surface area contributed by atoms with Gasteiger partial charge >= 0.3 is 0 Å². The molecule has 5 nitrogen and oxygen atoms in total. The quantitative estimate of drug-likeness (QED) is 0.853. The normalized spacial score (nSPS) is 31.0. The number of aromatic nitrogens is 2. The van der Waals surface area contributed by atoms with Crippen LogP contribution in [0.15, 0.2) is 4.52 Å². The second-order valence-corrected chi connectivity index (χ2v) is 6.82. The van der Waals surface area contributed by atoms with Gasteiger partial charge in [-0.05, 0) is 45.1 Å². The highest BCUT2D eigenvalue weighted by molar-refractivity contribution is 5.83. The molecule has 5 heteroatoms. The topological polar surface area (TPSA) is 59.2 Å². The van der Waals surface area contributed by atoms with Crippen LogP contribution in [0.1, 0.15) is 69.0 Å². The number of piperidine rings is 1. The van der Waals surface area contributed by atoms with E-state index in [1.165, 1.54) is 25.7 Å². The van der Waals surface area contributed by atoms with E-state index in [9.17, 15) is 4.79 Å². The van der Waals surface area contributed by atoms with Gasteiger partial charge in [-0.2, -0.15) is 4.98 Å². The number of carbonyl (C=O) groups is 1. The summed E-state index contributed by atoms with van der Waals surface area (Å²) in [5.74, 6) is 2.87. The van der Waals surface area contributed by atoms with Crippen molar-refractivity contribution in [1.29, 1.82) is 0 Å². The first-order valence-corrected chi connectivity index (χ1v) is 8.40. The minimum absolute atomic E-state index is 0.246. The average molecular weight is 289 g/mol. The van der Waals surface area contributed by atoms with Crippen LogP contribution in [0.5, 0.6) is 0 Å². The number of rotatable bonds is 4. The number of nitrogens with zero attached hydrogens (tertiary/aromatic N) is 3. The summed E-state index contributed by atoms with van der Waals surface area (Å²) in [6.45, 7) is 1.77. The molecule has 3 aliphatic rings. The van der Waals surface area contributed by atoms with E-state index < -0.39 is 0 Å². The SMILES string of the molecule is O=C1CCCC1C1CCCCN1Cc1nc(C2CC2)no1. The number of ketones is 1. The van der Waals surface area contributed by atoms with E-state index in [-0.39, 0.29) is 5.92 Å². The lowest BCUT2D eigenvalue weighted by Gasteiger charge is -2.37. The Morgan fingerprint density at radius 1 is 1.14 bits per heavy atom. The fourth-order valence-corrected chi connectivity index (χ4v) is 3.93. The number of hydrogen-bond acceptors (Lipinski definition) is 5. The molecule has 2 saturated carbocycles. The van der Waals surface area contributed by atoms with Crippen LogP contribution < -0.4 is 0 Å². The zero-order valence-corrected chi connectivity index (χ0v) is 12.5. The first-order valence-electron chi connectivity index (χ1n) is 8.40. The molecule has 0 N–H and O–H groups in total. The van der Waals surface area contributed by atoms with Gasteiger partial charge in [0.15, 0.2) is 5.82 Å². The van der Waals surface area contributed by atoms with E-state index in [2.05, 4.69) is 15.0 Å². The van der Waals surface area contributed by atoms with Crippen molar-refractivity contribution in [2.75, 3.05) is 6.54 Å². The molecule has 2 unspecified atom stereocenters. The molecule has 1 aromatic heterocycles. The summed E-state index contributed by atoms with van der Waals surface area (Å²) >= 11 is 0. The fourth-order valence-electron chi connectivity index (χ4n) is 3.93. The van der Waals surface area contributed by atoms with Crippen LogP contribution in [0.4, 0.5) is 0 Å². The number of Topliss-reactive ketones (excluding diaryl/α,β-unsaturated/α-hetero) is 1. The van der Waals surface area contributed by atoms with E-state index in [1.54, 1.807) is 0 Å². The molecule has 1 aliphatic heterocycles. The smallest absolute Gasteiger partial charge is 0.240 e. The second kappa shape index (κ2) is 5.52. The summed E-state index contributed by atoms with van der Waals surface area (Å²) in [4.78, 5) is 19.1. The van der Waals surface area contributed by atoms with E-state index in [0.29, 0.717) is 24.3 Å². The highest BCUT2D eigenvalue weighted by Crippen LogP contribution is 2.38. The summed E-state index contributed by atoms with van der Waals surface area (Å²) in [7, 11) is 0. The van der Waals surface area contributed by atoms with Gasteiger partial charge in [0.05, 0.1) is 6.54 Å². The molecule has 114 valence electrons. The fraction of sp³-hybridized carbons (Fsp3) is 0.812. The Labute approximate surface area is 125 Å². The highest BCUT2D eigenvalue weighted by atomic mass is 16.5. The van der Waals surface area contributed by atoms with Crippen LogP contribution in [0.2, 0.25) is 0 Å². The van der Waals surface area contributed by atoms with Crippen LogP contribution in [-0.4, -0.2) is 33.4 Å². The van der Waals surface area contributed by atoms with Gasteiger partial charge in [0.2, 0.25) is 5.89 Å². The molecule has 0 spiro atoms. The van der Waals surface area contributed by atoms with E-state index in [0.717, 1.165) is 43.9 Å². The highest BCUT2D eigenvalue weighted by Gasteiger charge is 2.37. The van der Waals surface area contributed by atoms with Crippen molar-refractivity contribution in [3.8, 4) is 0 Å². The zero-order chi connectivity index (χ0) is 14.2. The summed E-state index contributed by atoms with van der Waals surface area (Å²) < 4.78 is 5.42. The van der Waals surface area contributed by atoms with Crippen molar-refractivity contribution in [3.63, 3.8) is 0 Å². The Morgan fingerprint density at radius 3 is 2.81 bits per heavy atom. The maximum Gasteiger partial charge on any atom is 0.240 e. The molecule has 0 bridgehead atoms. The van der Waals surface area contributed by atoms with Crippen molar-refractivity contribution >= 4 is 5.78 Å². The maximum absolute atomic E-state index is 12.1. The number of carbonyl (C=O) groups excluding carboxylic acids is 1. The standard InChI is InChI=1S/C16H23N3O2/c20-14-6-3-4-12(14)13-5-1-2-9-19(13)10-15-17-16(18-21-15)11-7-8-11/h11-13H,1-10H2. The molecule has 1 aromatic rings. The van der Waals surface area contributed by atoms with Gasteiger partial charge in [-0.15, -0.1) is 0 Å². The predicted octanol–water partition coefficient (Wildman–Crippen LogP) is 2.67. The van der Waals surface area contributed by atoms with Crippen LogP contribution in [-0.2, 0) is 11.3 Å². The average Bonchev–Trinajstić information content (AvgIpc) is 3.10. The first kappa shape index (κ1) is 13.4. The van der Waals surface area contributed by atoms with Gasteiger partial charge in [0.1, 0.15) is 5.78 Å². The van der Waals surface area contributed by atoms with Crippen LogP contribution in [0.3, 0.4) is 0 Å². The molecular weight excluding hydrogens is 266 g/mol. The zero-order valence-electron chi connectivity index (χ0n) is 12.5. The Kier molecular flexibility index (Phi) is 3.53. The van der Waals surface area contributed by atoms with E-state index in [4.69, 9.17) is 4.52 Å². The van der Waals surface area contributed by atoms with Crippen molar-refractivity contribution in [3.05, 3.63) is 11.7 Å². The number of hydrogen-bond donors (Lipinski definition) is 0. The molecule has 2 atom stereocenters. The van der Waals surface area contributed by atoms with Crippen molar-refractivity contribution in [2.45, 2.75) is 69.9 Å². The lowest BCUT2D eigenvalue weighted by molar-refractivity contribution is -0.123. The van der Waals surface area contributed by atoms with Crippen molar-refractivity contribution < 1.29 is 9.32 Å². The molecule has 21 heavy (non-hydrogen) atoms. The van der Waals surface area contributed by atoms with Crippen LogP contribution >= 0.6 is 0 Å². The van der Waals surface area contributed by atoms with Gasteiger partial charge in [0.25, 0.3) is 0 Å². The lowest BCUT2D eigenvalue weighted by Crippen LogP contribution is -2.44. The Bertz CT molecular complexity index is 523. The Hall–Kier alpha value is -1.23. The van der Waals surface area contributed by atoms with E-state index in [1.807, 2.05) is 0 Å². The van der Waals surface area contributed by atoms with Gasteiger partial charge in [-0.1, -0.05) is 11.6 Å². The number of likely N-dealkylation sites (tertiary alicyclic amines) is 1. The molecule has 2 heterocycles. The molecule has 4 rings (SSSR count). The molecular formula is C16H23N3O2. The van der Waals surface area contributed by atoms with Crippen LogP contribution in [0, 0.1) is 5.92 Å². The van der Waals surface area contributed by atoms with Gasteiger partial charge in [-0.3, -0.25) is 9.69 Å². The van der Waals surface area contributed by atoms with Crippen LogP contribution in [0.25, 0.3) is 0 Å². The predicted molar refractivity (Wildman–Crippen MR) is 76.7 cm³/mol. The summed E-state index contributed by atoms with van der Waals surface area (Å²) in [5, 5.41) is 4.10. The summed E-state index contributed by atoms with van der Waals surface area (Å²) in [6, 6.07) is 0.394. The molecule has 1 saturated heterocycles. The minimum atomic E-state index is 0.246. The molecule has 0 amide bonds. The summed E-state index contributed by atoms with van der Waals surface area (Å²) in [6.07, 6.45) is 8.89. The van der Waals surface area contributed by atoms with Crippen molar-refractivity contribution in [1.82, 2.24) is 15.0 Å². The summed E-state index contributed by atoms with van der Waals surface area (Å²) in [5.41, 5.74) is 0. The van der Waals surface area contributed by atoms with Crippen molar-refractivity contribution in [2.24, 2.45) is 5.92 Å².